The van der Waals surface area contributed by atoms with Crippen molar-refractivity contribution in [1.82, 2.24) is 4.98 Å². The maximum Gasteiger partial charge on any atom is 0.250 e. The Balaban J connectivity index is 1.88. The molecule has 1 fully saturated rings. The van der Waals surface area contributed by atoms with Crippen LogP contribution in [0.1, 0.15) is 35.6 Å². The highest BCUT2D eigenvalue weighted by Crippen LogP contribution is 2.42. The van der Waals surface area contributed by atoms with Crippen LogP contribution < -0.4 is 10.2 Å². The second-order valence-electron chi connectivity index (χ2n) is 5.91. The van der Waals surface area contributed by atoms with Gasteiger partial charge in [0.2, 0.25) is 5.91 Å². The minimum Gasteiger partial charge on any atom is -0.324 e. The molecule has 1 heterocycles. The summed E-state index contributed by atoms with van der Waals surface area (Å²) in [5.74, 6) is -0.686. The summed E-state index contributed by atoms with van der Waals surface area (Å²) in [4.78, 5) is 30.4. The van der Waals surface area contributed by atoms with Crippen LogP contribution in [0, 0.1) is 5.82 Å². The fourth-order valence-corrected chi connectivity index (χ4v) is 3.52. The monoisotopic (exact) mass is 359 g/mol. The normalized spacial score (nSPS) is 13.4. The van der Waals surface area contributed by atoms with Crippen LogP contribution in [-0.4, -0.2) is 16.8 Å². The number of carbonyl (C=O) groups excluding carboxylic acids is 2. The summed E-state index contributed by atoms with van der Waals surface area (Å²) in [7, 11) is 0. The molecule has 0 saturated heterocycles. The average Bonchev–Trinajstić information content (AvgIpc) is 3.33. The van der Waals surface area contributed by atoms with Crippen molar-refractivity contribution in [1.29, 1.82) is 0 Å². The second kappa shape index (κ2) is 7.14. The molecule has 1 aliphatic carbocycles. The Labute approximate surface area is 149 Å². The van der Waals surface area contributed by atoms with Gasteiger partial charge in [-0.1, -0.05) is 6.58 Å². The number of benzene rings is 1. The molecule has 1 aliphatic rings. The van der Waals surface area contributed by atoms with Crippen LogP contribution in [0.3, 0.4) is 0 Å². The summed E-state index contributed by atoms with van der Waals surface area (Å²) in [5, 5.41) is 3.53. The number of aromatic nitrogens is 1. The van der Waals surface area contributed by atoms with Gasteiger partial charge in [-0.3, -0.25) is 9.59 Å². The fraction of sp³-hybridized carbons (Fsp3) is 0.278. The molecule has 0 atom stereocenters. The minimum atomic E-state index is -0.557. The molecule has 2 amide bonds. The lowest BCUT2D eigenvalue weighted by molar-refractivity contribution is -0.115. The molecule has 0 spiro atoms. The van der Waals surface area contributed by atoms with E-state index in [1.54, 1.807) is 17.5 Å². The predicted octanol–water partition coefficient (Wildman–Crippen LogP) is 3.84. The highest BCUT2D eigenvalue weighted by molar-refractivity contribution is 7.11. The summed E-state index contributed by atoms with van der Waals surface area (Å²) in [6.45, 7) is 5.15. The maximum atomic E-state index is 13.9. The van der Waals surface area contributed by atoms with Gasteiger partial charge < -0.3 is 10.2 Å². The van der Waals surface area contributed by atoms with E-state index >= 15 is 0 Å². The van der Waals surface area contributed by atoms with Crippen LogP contribution in [0.2, 0.25) is 0 Å². The topological polar surface area (TPSA) is 62.3 Å². The van der Waals surface area contributed by atoms with Crippen molar-refractivity contribution >= 4 is 34.5 Å². The van der Waals surface area contributed by atoms with E-state index in [1.807, 2.05) is 0 Å². The van der Waals surface area contributed by atoms with Gasteiger partial charge in [-0.2, -0.15) is 0 Å². The average molecular weight is 359 g/mol. The van der Waals surface area contributed by atoms with Crippen molar-refractivity contribution in [3.05, 3.63) is 52.8 Å². The summed E-state index contributed by atoms with van der Waals surface area (Å²) in [5.41, 5.74) is 0.520. The number of carbonyl (C=O) groups is 2. The van der Waals surface area contributed by atoms with Crippen LogP contribution in [0.15, 0.2) is 37.1 Å². The number of hydrogen-bond acceptors (Lipinski definition) is 4. The predicted molar refractivity (Wildman–Crippen MR) is 96.2 cm³/mol. The lowest BCUT2D eigenvalue weighted by Gasteiger charge is -2.21. The number of rotatable bonds is 6. The van der Waals surface area contributed by atoms with Crippen molar-refractivity contribution in [3.63, 3.8) is 0 Å². The largest absolute Gasteiger partial charge is 0.324 e. The molecule has 3 rings (SSSR count). The Morgan fingerprint density at radius 2 is 2.24 bits per heavy atom. The third kappa shape index (κ3) is 4.11. The van der Waals surface area contributed by atoms with E-state index in [2.05, 4.69) is 16.9 Å². The minimum absolute atomic E-state index is 0.0369. The van der Waals surface area contributed by atoms with Crippen LogP contribution >= 0.6 is 11.3 Å². The van der Waals surface area contributed by atoms with Gasteiger partial charge in [-0.25, -0.2) is 9.37 Å². The molecule has 1 aromatic carbocycles. The Morgan fingerprint density at radius 3 is 2.88 bits per heavy atom. The summed E-state index contributed by atoms with van der Waals surface area (Å²) in [6.07, 6.45) is 5.32. The van der Waals surface area contributed by atoms with E-state index in [4.69, 9.17) is 0 Å². The molecule has 0 aliphatic heterocycles. The number of nitrogens with zero attached hydrogens (tertiary/aromatic N) is 2. The van der Waals surface area contributed by atoms with Crippen molar-refractivity contribution in [2.45, 2.75) is 32.2 Å². The van der Waals surface area contributed by atoms with Gasteiger partial charge >= 0.3 is 0 Å². The molecule has 0 radical (unpaired) electrons. The van der Waals surface area contributed by atoms with Gasteiger partial charge in [0.1, 0.15) is 5.82 Å². The molecule has 1 aromatic heterocycles. The van der Waals surface area contributed by atoms with Crippen molar-refractivity contribution in [3.8, 4) is 0 Å². The first kappa shape index (κ1) is 17.3. The van der Waals surface area contributed by atoms with E-state index < -0.39 is 5.82 Å². The third-order valence-electron chi connectivity index (χ3n) is 3.82. The maximum absolute atomic E-state index is 13.9. The molecular formula is C18H18FN3O2S. The van der Waals surface area contributed by atoms with Gasteiger partial charge in [0.05, 0.1) is 17.2 Å². The standard InChI is InChI=1S/C18H18FN3O2S/c1-3-17(24)22(10-14-9-20-18(25-14)12-4-5-12)13-6-7-15(19)16(8-13)21-11(2)23/h3,6-9,12H,1,4-5,10H2,2H3,(H,21,23). The summed E-state index contributed by atoms with van der Waals surface area (Å²) >= 11 is 1.59. The second-order valence-corrected chi connectivity index (χ2v) is 7.06. The smallest absolute Gasteiger partial charge is 0.250 e. The third-order valence-corrected chi connectivity index (χ3v) is 4.97. The zero-order chi connectivity index (χ0) is 18.0. The Kier molecular flexibility index (Phi) is 4.94. The molecule has 0 unspecified atom stereocenters. The van der Waals surface area contributed by atoms with Gasteiger partial charge in [-0.15, -0.1) is 11.3 Å². The summed E-state index contributed by atoms with van der Waals surface area (Å²) in [6, 6.07) is 4.18. The number of thiazole rings is 1. The van der Waals surface area contributed by atoms with Crippen LogP contribution in [-0.2, 0) is 16.1 Å². The molecule has 130 valence electrons. The molecule has 7 heteroatoms. The molecular weight excluding hydrogens is 341 g/mol. The van der Waals surface area contributed by atoms with Gasteiger partial charge in [-0.05, 0) is 37.1 Å². The van der Waals surface area contributed by atoms with E-state index in [-0.39, 0.29) is 17.5 Å². The lowest BCUT2D eigenvalue weighted by Crippen LogP contribution is -2.28. The quantitative estimate of drug-likeness (QED) is 0.797. The molecule has 1 N–H and O–H groups in total. The molecule has 5 nitrogen and oxygen atoms in total. The van der Waals surface area contributed by atoms with E-state index in [0.29, 0.717) is 18.2 Å². The van der Waals surface area contributed by atoms with Crippen LogP contribution in [0.4, 0.5) is 15.8 Å². The van der Waals surface area contributed by atoms with E-state index in [0.717, 1.165) is 9.88 Å². The van der Waals surface area contributed by atoms with E-state index in [1.165, 1.54) is 48.9 Å². The van der Waals surface area contributed by atoms with Gasteiger partial charge in [0.25, 0.3) is 5.91 Å². The zero-order valence-electron chi connectivity index (χ0n) is 13.8. The highest BCUT2D eigenvalue weighted by Gasteiger charge is 2.27. The van der Waals surface area contributed by atoms with Crippen LogP contribution in [0.5, 0.6) is 0 Å². The van der Waals surface area contributed by atoms with Gasteiger partial charge in [0, 0.05) is 29.6 Å². The molecule has 1 saturated carbocycles. The number of halogens is 1. The molecule has 25 heavy (non-hydrogen) atoms. The molecule has 2 aromatic rings. The van der Waals surface area contributed by atoms with Crippen LogP contribution in [0.25, 0.3) is 0 Å². The first-order valence-electron chi connectivity index (χ1n) is 7.93. The number of hydrogen-bond donors (Lipinski definition) is 1. The first-order chi connectivity index (χ1) is 12.0. The number of anilines is 2. The Bertz CT molecular complexity index is 829. The van der Waals surface area contributed by atoms with Crippen molar-refractivity contribution in [2.75, 3.05) is 10.2 Å². The van der Waals surface area contributed by atoms with Crippen molar-refractivity contribution in [2.24, 2.45) is 0 Å². The lowest BCUT2D eigenvalue weighted by atomic mass is 10.2. The molecule has 0 bridgehead atoms. The number of amides is 2. The Morgan fingerprint density at radius 1 is 1.48 bits per heavy atom. The Hall–Kier alpha value is -2.54. The highest BCUT2D eigenvalue weighted by atomic mass is 32.1. The van der Waals surface area contributed by atoms with Crippen molar-refractivity contribution < 1.29 is 14.0 Å². The SMILES string of the molecule is C=CC(=O)N(Cc1cnc(C2CC2)s1)c1ccc(F)c(NC(C)=O)c1. The fourth-order valence-electron chi connectivity index (χ4n) is 2.44. The van der Waals surface area contributed by atoms with E-state index in [9.17, 15) is 14.0 Å². The zero-order valence-corrected chi connectivity index (χ0v) is 14.6. The van der Waals surface area contributed by atoms with Gasteiger partial charge in [0.15, 0.2) is 0 Å². The summed E-state index contributed by atoms with van der Waals surface area (Å²) < 4.78 is 13.9. The first-order valence-corrected chi connectivity index (χ1v) is 8.75. The number of nitrogens with one attached hydrogen (secondary N) is 1.